The molecule has 0 radical (unpaired) electrons. The molecule has 21 heavy (non-hydrogen) atoms. The molecular formula is C18H20ClFO. The number of rotatable bonds is 4. The van der Waals surface area contributed by atoms with Gasteiger partial charge in [0.25, 0.3) is 0 Å². The van der Waals surface area contributed by atoms with Crippen molar-refractivity contribution in [2.24, 2.45) is 5.92 Å². The molecule has 2 aromatic carbocycles. The number of benzene rings is 2. The van der Waals surface area contributed by atoms with Crippen molar-refractivity contribution in [1.29, 1.82) is 0 Å². The summed E-state index contributed by atoms with van der Waals surface area (Å²) in [6.07, 6.45) is 0.975. The lowest BCUT2D eigenvalue weighted by Crippen LogP contribution is -2.25. The minimum atomic E-state index is -1.46. The maximum Gasteiger partial charge on any atom is 0.131 e. The molecule has 0 spiro atoms. The van der Waals surface area contributed by atoms with E-state index >= 15 is 0 Å². The van der Waals surface area contributed by atoms with Gasteiger partial charge < -0.3 is 5.11 Å². The van der Waals surface area contributed by atoms with Gasteiger partial charge in [0.1, 0.15) is 11.4 Å². The molecule has 3 heteroatoms. The molecule has 1 nitrogen and oxygen atoms in total. The molecule has 1 atom stereocenters. The lowest BCUT2D eigenvalue weighted by atomic mass is 9.87. The summed E-state index contributed by atoms with van der Waals surface area (Å²) < 4.78 is 14.0. The normalized spacial score (nSPS) is 14.2. The Morgan fingerprint density at radius 3 is 2.29 bits per heavy atom. The molecule has 112 valence electrons. The Balaban J connectivity index is 2.39. The molecule has 0 aliphatic carbocycles. The number of hydrogen-bond acceptors (Lipinski definition) is 1. The highest BCUT2D eigenvalue weighted by Gasteiger charge is 2.31. The van der Waals surface area contributed by atoms with E-state index in [0.717, 1.165) is 6.42 Å². The maximum atomic E-state index is 14.0. The van der Waals surface area contributed by atoms with Crippen LogP contribution < -0.4 is 0 Å². The molecule has 0 unspecified atom stereocenters. The van der Waals surface area contributed by atoms with E-state index in [2.05, 4.69) is 13.8 Å². The van der Waals surface area contributed by atoms with Gasteiger partial charge in [0.2, 0.25) is 0 Å². The minimum Gasteiger partial charge on any atom is -0.381 e. The van der Waals surface area contributed by atoms with E-state index in [1.54, 1.807) is 13.0 Å². The minimum absolute atomic E-state index is 0.114. The van der Waals surface area contributed by atoms with E-state index in [0.29, 0.717) is 11.5 Å². The molecule has 0 saturated heterocycles. The van der Waals surface area contributed by atoms with Gasteiger partial charge in [-0.25, -0.2) is 4.39 Å². The molecule has 0 fully saturated rings. The van der Waals surface area contributed by atoms with Gasteiger partial charge in [-0.2, -0.15) is 0 Å². The van der Waals surface area contributed by atoms with Gasteiger partial charge in [-0.1, -0.05) is 55.8 Å². The van der Waals surface area contributed by atoms with Crippen LogP contribution in [0.3, 0.4) is 0 Å². The Kier molecular flexibility index (Phi) is 4.70. The summed E-state index contributed by atoms with van der Waals surface area (Å²) in [7, 11) is 0. The monoisotopic (exact) mass is 306 g/mol. The molecule has 2 rings (SSSR count). The van der Waals surface area contributed by atoms with Gasteiger partial charge in [0.15, 0.2) is 0 Å². The summed E-state index contributed by atoms with van der Waals surface area (Å²) in [5.74, 6) is 0.0659. The first kappa shape index (κ1) is 16.0. The summed E-state index contributed by atoms with van der Waals surface area (Å²) in [4.78, 5) is 0. The molecule has 0 aliphatic heterocycles. The number of hydrogen-bond donors (Lipinski definition) is 1. The average Bonchev–Trinajstić information content (AvgIpc) is 2.38. The van der Waals surface area contributed by atoms with Crippen LogP contribution in [-0.2, 0) is 12.0 Å². The van der Waals surface area contributed by atoms with Crippen molar-refractivity contribution in [3.8, 4) is 0 Å². The second kappa shape index (κ2) is 6.17. The first-order valence-corrected chi connectivity index (χ1v) is 7.46. The Morgan fingerprint density at radius 2 is 1.76 bits per heavy atom. The fourth-order valence-electron chi connectivity index (χ4n) is 2.54. The predicted molar refractivity (Wildman–Crippen MR) is 85.1 cm³/mol. The Hall–Kier alpha value is -1.38. The lowest BCUT2D eigenvalue weighted by Gasteiger charge is -2.26. The van der Waals surface area contributed by atoms with Crippen LogP contribution in [0.4, 0.5) is 4.39 Å². The third kappa shape index (κ3) is 3.45. The van der Waals surface area contributed by atoms with Crippen molar-refractivity contribution < 1.29 is 9.50 Å². The van der Waals surface area contributed by atoms with E-state index in [1.165, 1.54) is 17.7 Å². The fraction of sp³-hybridized carbons (Fsp3) is 0.333. The van der Waals surface area contributed by atoms with E-state index in [-0.39, 0.29) is 10.6 Å². The van der Waals surface area contributed by atoms with Gasteiger partial charge in [-0.15, -0.1) is 0 Å². The molecule has 0 aliphatic rings. The highest BCUT2D eigenvalue weighted by Crippen LogP contribution is 2.35. The second-order valence-electron chi connectivity index (χ2n) is 5.96. The maximum absolute atomic E-state index is 14.0. The van der Waals surface area contributed by atoms with Crippen molar-refractivity contribution in [2.75, 3.05) is 0 Å². The zero-order valence-corrected chi connectivity index (χ0v) is 13.3. The second-order valence-corrected chi connectivity index (χ2v) is 6.37. The third-order valence-corrected chi connectivity index (χ3v) is 3.92. The Morgan fingerprint density at radius 1 is 1.14 bits per heavy atom. The quantitative estimate of drug-likeness (QED) is 0.849. The fourth-order valence-corrected chi connectivity index (χ4v) is 2.89. The van der Waals surface area contributed by atoms with E-state index in [9.17, 15) is 9.50 Å². The highest BCUT2D eigenvalue weighted by atomic mass is 35.5. The van der Waals surface area contributed by atoms with Crippen LogP contribution in [0, 0.1) is 11.7 Å². The van der Waals surface area contributed by atoms with Crippen molar-refractivity contribution >= 4 is 11.6 Å². The van der Waals surface area contributed by atoms with Gasteiger partial charge in [0, 0.05) is 10.6 Å². The molecular weight excluding hydrogens is 287 g/mol. The summed E-state index contributed by atoms with van der Waals surface area (Å²) in [6.45, 7) is 5.88. The van der Waals surface area contributed by atoms with E-state index < -0.39 is 11.4 Å². The van der Waals surface area contributed by atoms with Crippen molar-refractivity contribution in [2.45, 2.75) is 32.8 Å². The molecule has 0 aromatic heterocycles. The summed E-state index contributed by atoms with van der Waals surface area (Å²) in [5, 5.41) is 11.0. The largest absolute Gasteiger partial charge is 0.381 e. The summed E-state index contributed by atoms with van der Waals surface area (Å²) in [6, 6.07) is 12.0. The lowest BCUT2D eigenvalue weighted by molar-refractivity contribution is 0.0980. The van der Waals surface area contributed by atoms with Crippen molar-refractivity contribution in [3.05, 3.63) is 70.0 Å². The highest BCUT2D eigenvalue weighted by molar-refractivity contribution is 6.31. The molecule has 1 N–H and O–H groups in total. The molecule has 0 bridgehead atoms. The van der Waals surface area contributed by atoms with Crippen molar-refractivity contribution in [3.63, 3.8) is 0 Å². The van der Waals surface area contributed by atoms with Crippen LogP contribution in [0.15, 0.2) is 42.5 Å². The molecule has 0 saturated carbocycles. The van der Waals surface area contributed by atoms with Crippen LogP contribution in [0.25, 0.3) is 0 Å². The van der Waals surface area contributed by atoms with Crippen LogP contribution >= 0.6 is 11.6 Å². The Bertz CT molecular complexity index is 597. The topological polar surface area (TPSA) is 20.2 Å². The SMILES string of the molecule is CC(C)Cc1ccc([C@@](C)(O)c2c(F)cccc2Cl)cc1. The van der Waals surface area contributed by atoms with Crippen LogP contribution in [0.1, 0.15) is 37.5 Å². The summed E-state index contributed by atoms with van der Waals surface area (Å²) in [5.41, 5.74) is 0.480. The summed E-state index contributed by atoms with van der Waals surface area (Å²) >= 11 is 6.06. The van der Waals surface area contributed by atoms with Crippen LogP contribution in [0.5, 0.6) is 0 Å². The van der Waals surface area contributed by atoms with Gasteiger partial charge in [-0.3, -0.25) is 0 Å². The van der Waals surface area contributed by atoms with Crippen molar-refractivity contribution in [1.82, 2.24) is 0 Å². The standard InChI is InChI=1S/C18H20ClFO/c1-12(2)11-13-7-9-14(10-8-13)18(3,21)17-15(19)5-4-6-16(17)20/h4-10,12,21H,11H2,1-3H3/t18-/m1/s1. The van der Waals surface area contributed by atoms with Crippen LogP contribution in [-0.4, -0.2) is 5.11 Å². The van der Waals surface area contributed by atoms with Gasteiger partial charge in [-0.05, 0) is 42.5 Å². The number of halogens is 2. The van der Waals surface area contributed by atoms with Gasteiger partial charge in [0.05, 0.1) is 0 Å². The smallest absolute Gasteiger partial charge is 0.131 e. The first-order chi connectivity index (χ1) is 9.82. The zero-order valence-electron chi connectivity index (χ0n) is 12.5. The third-order valence-electron chi connectivity index (χ3n) is 3.61. The van der Waals surface area contributed by atoms with E-state index in [1.807, 2.05) is 24.3 Å². The van der Waals surface area contributed by atoms with Gasteiger partial charge >= 0.3 is 0 Å². The molecule has 0 heterocycles. The molecule has 2 aromatic rings. The van der Waals surface area contributed by atoms with Crippen LogP contribution in [0.2, 0.25) is 5.02 Å². The molecule has 0 amide bonds. The predicted octanol–water partition coefficient (Wildman–Crippen LogP) is 4.93. The number of aliphatic hydroxyl groups is 1. The Labute approximate surface area is 130 Å². The average molecular weight is 307 g/mol. The van der Waals surface area contributed by atoms with E-state index in [4.69, 9.17) is 11.6 Å². The first-order valence-electron chi connectivity index (χ1n) is 7.08. The zero-order chi connectivity index (χ0) is 15.6.